The van der Waals surface area contributed by atoms with Crippen LogP contribution in [0.2, 0.25) is 0 Å². The van der Waals surface area contributed by atoms with E-state index in [4.69, 9.17) is 0 Å². The van der Waals surface area contributed by atoms with Crippen LogP contribution < -0.4 is 5.63 Å². The molecule has 1 aromatic rings. The van der Waals surface area contributed by atoms with E-state index in [1.165, 1.54) is 6.07 Å². The van der Waals surface area contributed by atoms with Gasteiger partial charge in [0.25, 0.3) is 0 Å². The van der Waals surface area contributed by atoms with Crippen LogP contribution in [0.25, 0.3) is 0 Å². The topological polar surface area (TPSA) is 83.3 Å². The van der Waals surface area contributed by atoms with E-state index in [1.807, 2.05) is 0 Å². The lowest BCUT2D eigenvalue weighted by Crippen LogP contribution is -2.38. The number of aromatic nitrogens is 1. The van der Waals surface area contributed by atoms with Gasteiger partial charge in [-0.15, -0.1) is 0 Å². The Hall–Kier alpha value is -1.52. The number of hydrogen-bond donors (Lipinski definition) is 2. The summed E-state index contributed by atoms with van der Waals surface area (Å²) < 4.78 is 4.55. The minimum atomic E-state index is -0.940. The van der Waals surface area contributed by atoms with E-state index < -0.39 is 17.0 Å². The number of carboxylic acid groups (broad SMARTS) is 1. The molecule has 0 aromatic carbocycles. The van der Waals surface area contributed by atoms with Gasteiger partial charge in [0, 0.05) is 6.07 Å². The van der Waals surface area contributed by atoms with Crippen LogP contribution in [0.3, 0.4) is 0 Å². The predicted octanol–water partition coefficient (Wildman–Crippen LogP) is 1.25. The van der Waals surface area contributed by atoms with Crippen LogP contribution in [0, 0.1) is 0 Å². The molecule has 5 heteroatoms. The number of H-pyrrole nitrogens is 1. The highest BCUT2D eigenvalue weighted by atomic mass is 16.5. The molecule has 1 fully saturated rings. The Morgan fingerprint density at radius 1 is 1.40 bits per heavy atom. The van der Waals surface area contributed by atoms with Gasteiger partial charge in [-0.2, -0.15) is 0 Å². The summed E-state index contributed by atoms with van der Waals surface area (Å²) >= 11 is 0. The average molecular weight is 211 g/mol. The first kappa shape index (κ1) is 10.0. The Kier molecular flexibility index (Phi) is 2.38. The minimum Gasteiger partial charge on any atom is -0.481 e. The first-order chi connectivity index (χ1) is 7.15. The molecule has 0 radical (unpaired) electrons. The number of aromatic amines is 1. The molecule has 0 unspecified atom stereocenters. The normalized spacial score (nSPS) is 20.0. The lowest BCUT2D eigenvalue weighted by molar-refractivity contribution is -0.145. The van der Waals surface area contributed by atoms with Gasteiger partial charge in [-0.05, 0) is 12.8 Å². The molecule has 1 aliphatic rings. The fourth-order valence-corrected chi connectivity index (χ4v) is 2.27. The zero-order chi connectivity index (χ0) is 10.9. The monoisotopic (exact) mass is 211 g/mol. The molecule has 1 heterocycles. The third-order valence-corrected chi connectivity index (χ3v) is 3.16. The molecule has 15 heavy (non-hydrogen) atoms. The lowest BCUT2D eigenvalue weighted by atomic mass is 9.72. The molecule has 0 atom stereocenters. The van der Waals surface area contributed by atoms with Gasteiger partial charge in [0.15, 0.2) is 0 Å². The number of carboxylic acids is 1. The molecule has 82 valence electrons. The van der Waals surface area contributed by atoms with Crippen LogP contribution in [0.15, 0.2) is 15.4 Å². The highest BCUT2D eigenvalue weighted by Crippen LogP contribution is 2.38. The summed E-state index contributed by atoms with van der Waals surface area (Å²) in [7, 11) is 0. The molecule has 1 aromatic heterocycles. The maximum atomic E-state index is 11.3. The van der Waals surface area contributed by atoms with E-state index in [0.29, 0.717) is 18.5 Å². The predicted molar refractivity (Wildman–Crippen MR) is 51.7 cm³/mol. The first-order valence-corrected chi connectivity index (χ1v) is 5.07. The minimum absolute atomic E-state index is 0.403. The van der Waals surface area contributed by atoms with E-state index in [1.54, 1.807) is 0 Å². The van der Waals surface area contributed by atoms with Crippen molar-refractivity contribution in [1.29, 1.82) is 0 Å². The van der Waals surface area contributed by atoms with Crippen LogP contribution >= 0.6 is 0 Å². The SMILES string of the molecule is O=C(O)C1(c2cc(=O)o[nH]2)CCCCC1. The van der Waals surface area contributed by atoms with Crippen molar-refractivity contribution < 1.29 is 14.4 Å². The number of nitrogens with one attached hydrogen (secondary N) is 1. The molecular weight excluding hydrogens is 198 g/mol. The van der Waals surface area contributed by atoms with Gasteiger partial charge in [0.2, 0.25) is 0 Å². The van der Waals surface area contributed by atoms with E-state index in [0.717, 1.165) is 19.3 Å². The van der Waals surface area contributed by atoms with Gasteiger partial charge < -0.3 is 9.63 Å². The Morgan fingerprint density at radius 2 is 2.07 bits per heavy atom. The molecule has 0 amide bonds. The molecule has 0 bridgehead atoms. The number of rotatable bonds is 2. The van der Waals surface area contributed by atoms with Crippen LogP contribution in [-0.4, -0.2) is 16.2 Å². The van der Waals surface area contributed by atoms with E-state index >= 15 is 0 Å². The number of carbonyl (C=O) groups is 1. The Balaban J connectivity index is 2.41. The fraction of sp³-hybridized carbons (Fsp3) is 0.600. The first-order valence-electron chi connectivity index (χ1n) is 5.07. The second-order valence-corrected chi connectivity index (χ2v) is 4.03. The molecule has 0 spiro atoms. The molecule has 5 nitrogen and oxygen atoms in total. The third-order valence-electron chi connectivity index (χ3n) is 3.16. The summed E-state index contributed by atoms with van der Waals surface area (Å²) in [6.45, 7) is 0. The largest absolute Gasteiger partial charge is 0.481 e. The van der Waals surface area contributed by atoms with E-state index in [-0.39, 0.29) is 0 Å². The zero-order valence-corrected chi connectivity index (χ0v) is 8.28. The van der Waals surface area contributed by atoms with Gasteiger partial charge in [-0.25, -0.2) is 9.95 Å². The summed E-state index contributed by atoms with van der Waals surface area (Å²) in [5, 5.41) is 11.7. The van der Waals surface area contributed by atoms with Crippen molar-refractivity contribution in [1.82, 2.24) is 5.16 Å². The quantitative estimate of drug-likeness (QED) is 0.771. The fourth-order valence-electron chi connectivity index (χ4n) is 2.27. The zero-order valence-electron chi connectivity index (χ0n) is 8.28. The van der Waals surface area contributed by atoms with Crippen LogP contribution in [0.4, 0.5) is 0 Å². The van der Waals surface area contributed by atoms with Gasteiger partial charge in [0.1, 0.15) is 5.41 Å². The molecule has 2 rings (SSSR count). The summed E-state index contributed by atoms with van der Waals surface area (Å²) in [6, 6.07) is 1.25. The molecular formula is C10H13NO4. The van der Waals surface area contributed by atoms with Crippen LogP contribution in [0.5, 0.6) is 0 Å². The molecule has 1 aliphatic carbocycles. The molecule has 0 aliphatic heterocycles. The van der Waals surface area contributed by atoms with Gasteiger partial charge >= 0.3 is 11.6 Å². The van der Waals surface area contributed by atoms with Gasteiger partial charge in [0.05, 0.1) is 5.69 Å². The summed E-state index contributed by atoms with van der Waals surface area (Å²) in [4.78, 5) is 22.2. The second-order valence-electron chi connectivity index (χ2n) is 4.03. The standard InChI is InChI=1S/C10H13NO4/c12-8-6-7(11-15-8)10(9(13)14)4-2-1-3-5-10/h6,11H,1-5H2,(H,13,14). The van der Waals surface area contributed by atoms with Crippen molar-refractivity contribution in [2.24, 2.45) is 0 Å². The van der Waals surface area contributed by atoms with Crippen molar-refractivity contribution >= 4 is 5.97 Å². The molecule has 2 N–H and O–H groups in total. The van der Waals surface area contributed by atoms with E-state index in [9.17, 15) is 14.7 Å². The maximum Gasteiger partial charge on any atom is 0.357 e. The van der Waals surface area contributed by atoms with E-state index in [2.05, 4.69) is 9.68 Å². The van der Waals surface area contributed by atoms with Crippen molar-refractivity contribution in [3.63, 3.8) is 0 Å². The van der Waals surface area contributed by atoms with Crippen molar-refractivity contribution in [2.45, 2.75) is 37.5 Å². The van der Waals surface area contributed by atoms with Crippen molar-refractivity contribution in [3.8, 4) is 0 Å². The maximum absolute atomic E-state index is 11.3. The Bertz CT molecular complexity index is 411. The number of aliphatic carboxylic acids is 1. The van der Waals surface area contributed by atoms with Crippen LogP contribution in [-0.2, 0) is 10.2 Å². The van der Waals surface area contributed by atoms with Crippen molar-refractivity contribution in [3.05, 3.63) is 22.2 Å². The molecule has 1 saturated carbocycles. The number of hydrogen-bond acceptors (Lipinski definition) is 3. The van der Waals surface area contributed by atoms with Crippen molar-refractivity contribution in [2.75, 3.05) is 0 Å². The molecule has 0 saturated heterocycles. The summed E-state index contributed by atoms with van der Waals surface area (Å²) in [5.74, 6) is -0.876. The average Bonchev–Trinajstić information content (AvgIpc) is 2.66. The summed E-state index contributed by atoms with van der Waals surface area (Å²) in [5.41, 5.74) is -1.05. The van der Waals surface area contributed by atoms with Gasteiger partial charge in [-0.1, -0.05) is 19.3 Å². The highest BCUT2D eigenvalue weighted by Gasteiger charge is 2.43. The van der Waals surface area contributed by atoms with Gasteiger partial charge in [-0.3, -0.25) is 4.79 Å². The smallest absolute Gasteiger partial charge is 0.357 e. The highest BCUT2D eigenvalue weighted by molar-refractivity contribution is 5.80. The Morgan fingerprint density at radius 3 is 2.53 bits per heavy atom. The Labute approximate surface area is 86.1 Å². The third kappa shape index (κ3) is 1.58. The summed E-state index contributed by atoms with van der Waals surface area (Å²) in [6.07, 6.45) is 3.94. The van der Waals surface area contributed by atoms with Crippen LogP contribution in [0.1, 0.15) is 37.8 Å². The second kappa shape index (κ2) is 3.56. The lowest BCUT2D eigenvalue weighted by Gasteiger charge is -2.31.